The standard InChI is InChI=1S/C22H27F3N2O2/c23-22(24,25)18-12-17(27-3-5-29-6-4-27)1-2-19(18)26-21(28)20-15-8-13-7-14(10-15)11-16(20)9-13/h1-2,12-16,20H,3-11H2,(H,26,28). The second-order valence-corrected chi connectivity index (χ2v) is 9.27. The molecule has 5 fully saturated rings. The molecule has 4 saturated carbocycles. The molecule has 1 aliphatic heterocycles. The first-order valence-electron chi connectivity index (χ1n) is 10.7. The molecule has 0 atom stereocenters. The predicted octanol–water partition coefficient (Wildman–Crippen LogP) is 4.55. The lowest BCUT2D eigenvalue weighted by Gasteiger charge is -2.53. The molecule has 7 heteroatoms. The van der Waals surface area contributed by atoms with Crippen molar-refractivity contribution in [3.8, 4) is 0 Å². The van der Waals surface area contributed by atoms with Gasteiger partial charge < -0.3 is 15.0 Å². The van der Waals surface area contributed by atoms with Crippen LogP contribution in [0, 0.1) is 29.6 Å². The number of carbonyl (C=O) groups is 1. The van der Waals surface area contributed by atoms with Crippen molar-refractivity contribution < 1.29 is 22.7 Å². The number of anilines is 2. The van der Waals surface area contributed by atoms with Crippen LogP contribution in [0.4, 0.5) is 24.5 Å². The van der Waals surface area contributed by atoms with Crippen LogP contribution < -0.4 is 10.2 Å². The van der Waals surface area contributed by atoms with Crippen LogP contribution in [0.2, 0.25) is 0 Å². The molecule has 1 amide bonds. The van der Waals surface area contributed by atoms with Crippen LogP contribution in [-0.2, 0) is 15.7 Å². The van der Waals surface area contributed by atoms with Crippen LogP contribution in [0.5, 0.6) is 0 Å². The van der Waals surface area contributed by atoms with E-state index < -0.39 is 11.7 Å². The molecule has 1 N–H and O–H groups in total. The number of rotatable bonds is 3. The Balaban J connectivity index is 1.38. The molecule has 6 rings (SSSR count). The first-order valence-corrected chi connectivity index (χ1v) is 10.7. The first kappa shape index (κ1) is 19.2. The fourth-order valence-electron chi connectivity index (χ4n) is 6.46. The molecule has 4 aliphatic carbocycles. The molecule has 158 valence electrons. The van der Waals surface area contributed by atoms with Crippen LogP contribution in [-0.4, -0.2) is 32.2 Å². The number of benzene rings is 1. The molecule has 5 aliphatic rings. The van der Waals surface area contributed by atoms with Gasteiger partial charge in [0.05, 0.1) is 24.5 Å². The molecule has 4 nitrogen and oxygen atoms in total. The SMILES string of the molecule is O=C(Nc1ccc(N2CCOCC2)cc1C(F)(F)F)C1C2CC3CC(C2)CC1C3. The fraction of sp³-hybridized carbons (Fsp3) is 0.682. The summed E-state index contributed by atoms with van der Waals surface area (Å²) in [6, 6.07) is 4.26. The zero-order chi connectivity index (χ0) is 20.2. The van der Waals surface area contributed by atoms with E-state index >= 15 is 0 Å². The highest BCUT2D eigenvalue weighted by Crippen LogP contribution is 2.56. The van der Waals surface area contributed by atoms with Crippen molar-refractivity contribution in [1.29, 1.82) is 0 Å². The minimum Gasteiger partial charge on any atom is -0.378 e. The molecule has 1 heterocycles. The molecule has 1 saturated heterocycles. The number of morpholine rings is 1. The van der Waals surface area contributed by atoms with E-state index in [1.54, 1.807) is 6.07 Å². The third kappa shape index (κ3) is 3.62. The highest BCUT2D eigenvalue weighted by Gasteiger charge is 2.51. The van der Waals surface area contributed by atoms with Gasteiger partial charge in [0.2, 0.25) is 5.91 Å². The number of ether oxygens (including phenoxy) is 1. The highest BCUT2D eigenvalue weighted by atomic mass is 19.4. The van der Waals surface area contributed by atoms with Gasteiger partial charge in [0.1, 0.15) is 0 Å². The highest BCUT2D eigenvalue weighted by molar-refractivity contribution is 5.94. The van der Waals surface area contributed by atoms with Crippen molar-refractivity contribution >= 4 is 17.3 Å². The Morgan fingerprint density at radius 3 is 2.21 bits per heavy atom. The lowest BCUT2D eigenvalue weighted by molar-refractivity contribution is -0.137. The minimum absolute atomic E-state index is 0.117. The quantitative estimate of drug-likeness (QED) is 0.798. The molecule has 0 unspecified atom stereocenters. The summed E-state index contributed by atoms with van der Waals surface area (Å²) < 4.78 is 46.6. The molecule has 1 aromatic rings. The van der Waals surface area contributed by atoms with Gasteiger partial charge in [-0.25, -0.2) is 0 Å². The second kappa shape index (κ2) is 7.18. The summed E-state index contributed by atoms with van der Waals surface area (Å²) in [6.07, 6.45) is 1.01. The molecule has 4 bridgehead atoms. The number of hydrogen-bond acceptors (Lipinski definition) is 3. The van der Waals surface area contributed by atoms with Gasteiger partial charge in [-0.1, -0.05) is 0 Å². The van der Waals surface area contributed by atoms with Crippen LogP contribution in [0.3, 0.4) is 0 Å². The van der Waals surface area contributed by atoms with Gasteiger partial charge in [0.15, 0.2) is 0 Å². The maximum Gasteiger partial charge on any atom is 0.418 e. The Morgan fingerprint density at radius 2 is 1.62 bits per heavy atom. The van der Waals surface area contributed by atoms with Crippen molar-refractivity contribution in [3.63, 3.8) is 0 Å². The zero-order valence-electron chi connectivity index (χ0n) is 16.4. The van der Waals surface area contributed by atoms with Gasteiger partial charge in [-0.05, 0) is 74.0 Å². The van der Waals surface area contributed by atoms with Crippen LogP contribution in [0.1, 0.15) is 37.7 Å². The van der Waals surface area contributed by atoms with E-state index in [9.17, 15) is 18.0 Å². The number of halogens is 3. The van der Waals surface area contributed by atoms with Crippen molar-refractivity contribution in [2.45, 2.75) is 38.3 Å². The zero-order valence-corrected chi connectivity index (χ0v) is 16.4. The third-order valence-corrected chi connectivity index (χ3v) is 7.47. The molecular weight excluding hydrogens is 381 g/mol. The largest absolute Gasteiger partial charge is 0.418 e. The predicted molar refractivity (Wildman–Crippen MR) is 104 cm³/mol. The van der Waals surface area contributed by atoms with Crippen molar-refractivity contribution in [3.05, 3.63) is 23.8 Å². The number of nitrogens with zero attached hydrogens (tertiary/aromatic N) is 1. The summed E-state index contributed by atoms with van der Waals surface area (Å²) in [7, 11) is 0. The van der Waals surface area contributed by atoms with Crippen LogP contribution in [0.25, 0.3) is 0 Å². The van der Waals surface area contributed by atoms with E-state index in [1.807, 2.05) is 4.90 Å². The topological polar surface area (TPSA) is 41.6 Å². The average Bonchev–Trinajstić information content (AvgIpc) is 2.67. The van der Waals surface area contributed by atoms with Crippen LogP contribution >= 0.6 is 0 Å². The molecule has 0 spiro atoms. The smallest absolute Gasteiger partial charge is 0.378 e. The Morgan fingerprint density at radius 1 is 1.00 bits per heavy atom. The fourth-order valence-corrected chi connectivity index (χ4v) is 6.46. The number of alkyl halides is 3. The molecule has 29 heavy (non-hydrogen) atoms. The van der Waals surface area contributed by atoms with E-state index in [2.05, 4.69) is 5.32 Å². The summed E-state index contributed by atoms with van der Waals surface area (Å²) in [4.78, 5) is 15.0. The lowest BCUT2D eigenvalue weighted by atomic mass is 9.51. The normalized spacial score (nSPS) is 33.8. The number of nitrogens with one attached hydrogen (secondary N) is 1. The van der Waals surface area contributed by atoms with E-state index in [0.717, 1.165) is 43.6 Å². The van der Waals surface area contributed by atoms with Gasteiger partial charge in [-0.3, -0.25) is 4.79 Å². The maximum atomic E-state index is 13.8. The molecular formula is C22H27F3N2O2. The molecule has 0 radical (unpaired) electrons. The maximum absolute atomic E-state index is 13.8. The number of carbonyl (C=O) groups excluding carboxylic acids is 1. The lowest BCUT2D eigenvalue weighted by Crippen LogP contribution is -2.49. The Kier molecular flexibility index (Phi) is 4.76. The summed E-state index contributed by atoms with van der Waals surface area (Å²) in [5, 5.41) is 2.67. The van der Waals surface area contributed by atoms with Gasteiger partial charge in [-0.15, -0.1) is 0 Å². The van der Waals surface area contributed by atoms with E-state index in [-0.39, 0.29) is 17.5 Å². The van der Waals surface area contributed by atoms with Gasteiger partial charge in [-0.2, -0.15) is 13.2 Å². The second-order valence-electron chi connectivity index (χ2n) is 9.27. The number of amides is 1. The monoisotopic (exact) mass is 408 g/mol. The first-order chi connectivity index (χ1) is 13.9. The van der Waals surface area contributed by atoms with E-state index in [0.29, 0.717) is 43.8 Å². The van der Waals surface area contributed by atoms with Gasteiger partial charge in [0.25, 0.3) is 0 Å². The van der Waals surface area contributed by atoms with Crippen LogP contribution in [0.15, 0.2) is 18.2 Å². The van der Waals surface area contributed by atoms with Gasteiger partial charge in [0, 0.05) is 24.7 Å². The van der Waals surface area contributed by atoms with Gasteiger partial charge >= 0.3 is 6.18 Å². The van der Waals surface area contributed by atoms with E-state index in [1.165, 1.54) is 12.5 Å². The summed E-state index contributed by atoms with van der Waals surface area (Å²) in [5.41, 5.74) is -0.361. The summed E-state index contributed by atoms with van der Waals surface area (Å²) >= 11 is 0. The van der Waals surface area contributed by atoms with E-state index in [4.69, 9.17) is 4.74 Å². The van der Waals surface area contributed by atoms with Crippen molar-refractivity contribution in [2.75, 3.05) is 36.5 Å². The van der Waals surface area contributed by atoms with Crippen molar-refractivity contribution in [2.24, 2.45) is 29.6 Å². The minimum atomic E-state index is -4.52. The number of hydrogen-bond donors (Lipinski definition) is 1. The Labute approximate surface area is 168 Å². The summed E-state index contributed by atoms with van der Waals surface area (Å²) in [5.74, 6) is 1.77. The summed E-state index contributed by atoms with van der Waals surface area (Å²) in [6.45, 7) is 2.14. The Hall–Kier alpha value is -1.76. The third-order valence-electron chi connectivity index (χ3n) is 7.47. The Bertz CT molecular complexity index is 761. The molecule has 1 aromatic carbocycles. The average molecular weight is 408 g/mol. The molecule has 0 aromatic heterocycles. The van der Waals surface area contributed by atoms with Crippen molar-refractivity contribution in [1.82, 2.24) is 0 Å².